The molecule has 0 radical (unpaired) electrons. The Morgan fingerprint density at radius 2 is 2.26 bits per heavy atom. The van der Waals surface area contributed by atoms with Gasteiger partial charge in [-0.3, -0.25) is 0 Å². The van der Waals surface area contributed by atoms with Gasteiger partial charge in [0.15, 0.2) is 5.60 Å². The first kappa shape index (κ1) is 15.0. The standard InChI is InChI=1S/C11H18N4O4/c1-3-7(8-12-4-5-13-8)15-10(18)14-6-11(2,19)9(16)17/h4-5,7,19H,3,6H2,1-2H3,(H,12,13)(H,16,17)(H2,14,15,18). The highest BCUT2D eigenvalue weighted by Crippen LogP contribution is 2.10. The lowest BCUT2D eigenvalue weighted by Crippen LogP contribution is -2.49. The molecule has 0 aliphatic rings. The molecule has 0 bridgehead atoms. The van der Waals surface area contributed by atoms with Crippen LogP contribution in [0.2, 0.25) is 0 Å². The average Bonchev–Trinajstić information content (AvgIpc) is 2.87. The van der Waals surface area contributed by atoms with E-state index in [4.69, 9.17) is 5.11 Å². The first-order chi connectivity index (χ1) is 8.86. The van der Waals surface area contributed by atoms with Crippen LogP contribution in [0.25, 0.3) is 0 Å². The molecule has 0 aliphatic carbocycles. The number of aliphatic carboxylic acids is 1. The molecule has 106 valence electrons. The normalized spacial score (nSPS) is 15.3. The Morgan fingerprint density at radius 1 is 1.58 bits per heavy atom. The summed E-state index contributed by atoms with van der Waals surface area (Å²) < 4.78 is 0. The van der Waals surface area contributed by atoms with E-state index in [1.807, 2.05) is 6.92 Å². The number of aliphatic hydroxyl groups is 1. The van der Waals surface area contributed by atoms with Crippen LogP contribution in [-0.2, 0) is 4.79 Å². The number of carboxylic acid groups (broad SMARTS) is 1. The molecule has 0 aliphatic heterocycles. The number of carbonyl (C=O) groups is 2. The number of amides is 2. The zero-order valence-electron chi connectivity index (χ0n) is 10.8. The Kier molecular flexibility index (Phi) is 4.87. The van der Waals surface area contributed by atoms with Crippen LogP contribution in [-0.4, -0.2) is 44.3 Å². The first-order valence-electron chi connectivity index (χ1n) is 5.86. The molecule has 2 amide bonds. The minimum Gasteiger partial charge on any atom is -0.479 e. The van der Waals surface area contributed by atoms with Crippen LogP contribution < -0.4 is 10.6 Å². The van der Waals surface area contributed by atoms with Crippen LogP contribution in [0.4, 0.5) is 4.79 Å². The quantitative estimate of drug-likeness (QED) is 0.497. The SMILES string of the molecule is CCC(NC(=O)NCC(C)(O)C(=O)O)c1ncc[nH]1. The third kappa shape index (κ3) is 4.25. The molecule has 1 aromatic rings. The highest BCUT2D eigenvalue weighted by molar-refractivity contribution is 5.79. The minimum absolute atomic E-state index is 0.301. The van der Waals surface area contributed by atoms with Gasteiger partial charge >= 0.3 is 12.0 Å². The fraction of sp³-hybridized carbons (Fsp3) is 0.545. The van der Waals surface area contributed by atoms with Gasteiger partial charge in [0, 0.05) is 12.4 Å². The molecule has 2 unspecified atom stereocenters. The number of aromatic amines is 1. The van der Waals surface area contributed by atoms with Gasteiger partial charge in [-0.05, 0) is 13.3 Å². The highest BCUT2D eigenvalue weighted by Gasteiger charge is 2.30. The predicted octanol–water partition coefficient (Wildman–Crippen LogP) is -0.00440. The molecule has 0 saturated carbocycles. The van der Waals surface area contributed by atoms with Crippen molar-refractivity contribution in [2.45, 2.75) is 31.9 Å². The third-order valence-electron chi connectivity index (χ3n) is 2.62. The van der Waals surface area contributed by atoms with Gasteiger partial charge in [-0.1, -0.05) is 6.92 Å². The first-order valence-corrected chi connectivity index (χ1v) is 5.86. The Morgan fingerprint density at radius 3 is 2.74 bits per heavy atom. The summed E-state index contributed by atoms with van der Waals surface area (Å²) in [6.45, 7) is 2.60. The number of carbonyl (C=O) groups excluding carboxylic acids is 1. The van der Waals surface area contributed by atoms with Crippen LogP contribution in [0.3, 0.4) is 0 Å². The number of carboxylic acids is 1. The van der Waals surface area contributed by atoms with Crippen molar-refractivity contribution >= 4 is 12.0 Å². The van der Waals surface area contributed by atoms with E-state index in [9.17, 15) is 14.7 Å². The molecule has 8 nitrogen and oxygen atoms in total. The molecule has 0 spiro atoms. The maximum Gasteiger partial charge on any atom is 0.337 e. The molecule has 8 heteroatoms. The number of urea groups is 1. The number of hydrogen-bond acceptors (Lipinski definition) is 4. The van der Waals surface area contributed by atoms with Crippen LogP contribution in [0.1, 0.15) is 32.1 Å². The topological polar surface area (TPSA) is 127 Å². The molecule has 5 N–H and O–H groups in total. The van der Waals surface area contributed by atoms with E-state index in [2.05, 4.69) is 20.6 Å². The number of imidazole rings is 1. The number of nitrogens with one attached hydrogen (secondary N) is 3. The van der Waals surface area contributed by atoms with Gasteiger partial charge in [-0.25, -0.2) is 14.6 Å². The van der Waals surface area contributed by atoms with E-state index < -0.39 is 17.6 Å². The van der Waals surface area contributed by atoms with Crippen LogP contribution in [0, 0.1) is 0 Å². The van der Waals surface area contributed by atoms with Crippen molar-refractivity contribution < 1.29 is 19.8 Å². The lowest BCUT2D eigenvalue weighted by atomic mass is 10.1. The minimum atomic E-state index is -2.00. The van der Waals surface area contributed by atoms with Crippen LogP contribution in [0.15, 0.2) is 12.4 Å². The summed E-state index contributed by atoms with van der Waals surface area (Å²) in [5, 5.41) is 23.1. The van der Waals surface area contributed by atoms with Gasteiger partial charge in [-0.2, -0.15) is 0 Å². The second-order valence-electron chi connectivity index (χ2n) is 4.34. The van der Waals surface area contributed by atoms with Gasteiger partial charge < -0.3 is 25.8 Å². The van der Waals surface area contributed by atoms with Gasteiger partial charge in [0.2, 0.25) is 0 Å². The van der Waals surface area contributed by atoms with Crippen molar-refractivity contribution in [3.8, 4) is 0 Å². The molecule has 0 saturated heterocycles. The second-order valence-corrected chi connectivity index (χ2v) is 4.34. The number of H-pyrrole nitrogens is 1. The van der Waals surface area contributed by atoms with E-state index in [1.165, 1.54) is 0 Å². The van der Waals surface area contributed by atoms with Crippen molar-refractivity contribution in [3.63, 3.8) is 0 Å². The monoisotopic (exact) mass is 270 g/mol. The molecule has 19 heavy (non-hydrogen) atoms. The summed E-state index contributed by atoms with van der Waals surface area (Å²) in [5.74, 6) is -0.784. The summed E-state index contributed by atoms with van der Waals surface area (Å²) in [5.41, 5.74) is -2.00. The summed E-state index contributed by atoms with van der Waals surface area (Å²) in [7, 11) is 0. The smallest absolute Gasteiger partial charge is 0.337 e. The highest BCUT2D eigenvalue weighted by atomic mass is 16.4. The van der Waals surface area contributed by atoms with E-state index >= 15 is 0 Å². The summed E-state index contributed by atoms with van der Waals surface area (Å²) in [6.07, 6.45) is 3.84. The fourth-order valence-corrected chi connectivity index (χ4v) is 1.37. The predicted molar refractivity (Wildman–Crippen MR) is 66.4 cm³/mol. The maximum atomic E-state index is 11.6. The second kappa shape index (κ2) is 6.19. The van der Waals surface area contributed by atoms with Crippen molar-refractivity contribution in [3.05, 3.63) is 18.2 Å². The number of rotatable bonds is 6. The number of hydrogen-bond donors (Lipinski definition) is 5. The Labute approximate surface area is 110 Å². The van der Waals surface area contributed by atoms with Gasteiger partial charge in [0.1, 0.15) is 5.82 Å². The number of aromatic nitrogens is 2. The van der Waals surface area contributed by atoms with Crippen LogP contribution in [0.5, 0.6) is 0 Å². The zero-order chi connectivity index (χ0) is 14.5. The van der Waals surface area contributed by atoms with Crippen LogP contribution >= 0.6 is 0 Å². The van der Waals surface area contributed by atoms with Gasteiger partial charge in [0.25, 0.3) is 0 Å². The van der Waals surface area contributed by atoms with Crippen molar-refractivity contribution in [2.75, 3.05) is 6.54 Å². The largest absolute Gasteiger partial charge is 0.479 e. The average molecular weight is 270 g/mol. The molecule has 1 rings (SSSR count). The van der Waals surface area contributed by atoms with E-state index in [-0.39, 0.29) is 12.6 Å². The maximum absolute atomic E-state index is 11.6. The zero-order valence-corrected chi connectivity index (χ0v) is 10.8. The van der Waals surface area contributed by atoms with Crippen molar-refractivity contribution in [2.24, 2.45) is 0 Å². The summed E-state index contributed by atoms with van der Waals surface area (Å²) >= 11 is 0. The summed E-state index contributed by atoms with van der Waals surface area (Å²) in [6, 6.07) is -0.866. The molecule has 2 atom stereocenters. The van der Waals surface area contributed by atoms with Crippen molar-refractivity contribution in [1.82, 2.24) is 20.6 Å². The van der Waals surface area contributed by atoms with Gasteiger partial charge in [-0.15, -0.1) is 0 Å². The molecular formula is C11H18N4O4. The molecule has 1 heterocycles. The van der Waals surface area contributed by atoms with Crippen molar-refractivity contribution in [1.29, 1.82) is 0 Å². The lowest BCUT2D eigenvalue weighted by Gasteiger charge is -2.20. The fourth-order valence-electron chi connectivity index (χ4n) is 1.37. The van der Waals surface area contributed by atoms with E-state index in [0.717, 1.165) is 6.92 Å². The molecule has 1 aromatic heterocycles. The molecule has 0 aromatic carbocycles. The van der Waals surface area contributed by atoms with Gasteiger partial charge in [0.05, 0.1) is 12.6 Å². The third-order valence-corrected chi connectivity index (χ3v) is 2.62. The Bertz CT molecular complexity index is 430. The van der Waals surface area contributed by atoms with E-state index in [0.29, 0.717) is 12.2 Å². The summed E-state index contributed by atoms with van der Waals surface area (Å²) in [4.78, 5) is 29.2. The molecule has 0 fully saturated rings. The molecular weight excluding hydrogens is 252 g/mol. The lowest BCUT2D eigenvalue weighted by molar-refractivity contribution is -0.155. The Hall–Kier alpha value is -2.09. The van der Waals surface area contributed by atoms with E-state index in [1.54, 1.807) is 12.4 Å². The number of nitrogens with zero attached hydrogens (tertiary/aromatic N) is 1. The Balaban J connectivity index is 2.49.